The minimum atomic E-state index is 0.111. The summed E-state index contributed by atoms with van der Waals surface area (Å²) < 4.78 is 1.89. The predicted molar refractivity (Wildman–Crippen MR) is 80.0 cm³/mol. The number of aromatic nitrogens is 2. The van der Waals surface area contributed by atoms with Crippen LogP contribution in [0.25, 0.3) is 5.69 Å². The van der Waals surface area contributed by atoms with Gasteiger partial charge in [-0.05, 0) is 43.0 Å². The van der Waals surface area contributed by atoms with Gasteiger partial charge in [-0.15, -0.1) is 0 Å². The van der Waals surface area contributed by atoms with Crippen LogP contribution in [0.5, 0.6) is 0 Å². The van der Waals surface area contributed by atoms with Crippen LogP contribution >= 0.6 is 11.6 Å². The second-order valence-electron chi connectivity index (χ2n) is 5.29. The lowest BCUT2D eigenvalue weighted by atomic mass is 10.1. The average molecular weight is 278 g/mol. The maximum absolute atomic E-state index is 6.10. The van der Waals surface area contributed by atoms with Crippen molar-refractivity contribution in [2.75, 3.05) is 0 Å². The van der Waals surface area contributed by atoms with E-state index in [9.17, 15) is 0 Å². The number of halogens is 1. The molecule has 1 unspecified atom stereocenters. The molecule has 1 atom stereocenters. The average Bonchev–Trinajstić information content (AvgIpc) is 2.80. The largest absolute Gasteiger partial charge is 0.328 e. The van der Waals surface area contributed by atoms with Crippen LogP contribution < -0.4 is 5.73 Å². The minimum Gasteiger partial charge on any atom is -0.328 e. The Hall–Kier alpha value is -1.32. The van der Waals surface area contributed by atoms with Crippen LogP contribution in [-0.4, -0.2) is 15.8 Å². The second-order valence-corrected chi connectivity index (χ2v) is 5.73. The summed E-state index contributed by atoms with van der Waals surface area (Å²) >= 11 is 6.10. The minimum absolute atomic E-state index is 0.111. The Balaban J connectivity index is 2.43. The van der Waals surface area contributed by atoms with Crippen LogP contribution in [0.3, 0.4) is 0 Å². The van der Waals surface area contributed by atoms with Crippen molar-refractivity contribution in [3.8, 4) is 5.69 Å². The fraction of sp³-hybridized carbons (Fsp3) is 0.400. The van der Waals surface area contributed by atoms with Crippen LogP contribution in [0.4, 0.5) is 0 Å². The van der Waals surface area contributed by atoms with Gasteiger partial charge in [-0.25, -0.2) is 4.68 Å². The van der Waals surface area contributed by atoms with Crippen molar-refractivity contribution >= 4 is 11.6 Å². The van der Waals surface area contributed by atoms with Gasteiger partial charge in [0.15, 0.2) is 0 Å². The van der Waals surface area contributed by atoms with Gasteiger partial charge in [0.05, 0.1) is 11.4 Å². The van der Waals surface area contributed by atoms with E-state index in [-0.39, 0.29) is 6.04 Å². The predicted octanol–water partition coefficient (Wildman–Crippen LogP) is 3.54. The molecule has 102 valence electrons. The number of nitrogens with two attached hydrogens (primary N) is 1. The highest BCUT2D eigenvalue weighted by atomic mass is 35.5. The molecule has 0 fully saturated rings. The lowest BCUT2D eigenvalue weighted by Gasteiger charge is -2.12. The third-order valence-corrected chi connectivity index (χ3v) is 3.27. The lowest BCUT2D eigenvalue weighted by Crippen LogP contribution is -2.19. The standard InChI is InChI=1S/C15H20ClN3/c1-10(2)14-6-7-19(18-14)15-9-13(16)5-4-12(15)8-11(3)17/h4-7,9-11H,8,17H2,1-3H3. The molecule has 0 aliphatic heterocycles. The summed E-state index contributed by atoms with van der Waals surface area (Å²) in [6.45, 7) is 6.27. The van der Waals surface area contributed by atoms with Crippen LogP contribution in [0.1, 0.15) is 37.9 Å². The van der Waals surface area contributed by atoms with E-state index in [4.69, 9.17) is 17.3 Å². The first-order valence-electron chi connectivity index (χ1n) is 6.57. The van der Waals surface area contributed by atoms with Gasteiger partial charge in [0.25, 0.3) is 0 Å². The maximum Gasteiger partial charge on any atom is 0.0693 e. The molecule has 0 radical (unpaired) electrons. The zero-order chi connectivity index (χ0) is 14.0. The van der Waals surface area contributed by atoms with Crippen LogP contribution in [0.2, 0.25) is 5.02 Å². The third-order valence-electron chi connectivity index (χ3n) is 3.04. The van der Waals surface area contributed by atoms with E-state index in [2.05, 4.69) is 18.9 Å². The molecule has 4 heteroatoms. The Morgan fingerprint density at radius 1 is 1.26 bits per heavy atom. The molecule has 2 aromatic rings. The molecule has 0 aliphatic rings. The summed E-state index contributed by atoms with van der Waals surface area (Å²) in [7, 11) is 0. The molecular formula is C15H20ClN3. The van der Waals surface area contributed by atoms with E-state index >= 15 is 0 Å². The highest BCUT2D eigenvalue weighted by molar-refractivity contribution is 6.30. The molecule has 0 saturated carbocycles. The van der Waals surface area contributed by atoms with E-state index in [1.165, 1.54) is 0 Å². The second kappa shape index (κ2) is 5.76. The number of hydrogen-bond donors (Lipinski definition) is 1. The van der Waals surface area contributed by atoms with Crippen molar-refractivity contribution in [3.63, 3.8) is 0 Å². The maximum atomic E-state index is 6.10. The molecule has 0 spiro atoms. The smallest absolute Gasteiger partial charge is 0.0693 e. The van der Waals surface area contributed by atoms with Crippen molar-refractivity contribution in [1.82, 2.24) is 9.78 Å². The highest BCUT2D eigenvalue weighted by Crippen LogP contribution is 2.22. The molecule has 3 nitrogen and oxygen atoms in total. The van der Waals surface area contributed by atoms with Gasteiger partial charge < -0.3 is 5.73 Å². The fourth-order valence-electron chi connectivity index (χ4n) is 2.05. The number of rotatable bonds is 4. The van der Waals surface area contributed by atoms with Gasteiger partial charge in [0.2, 0.25) is 0 Å². The van der Waals surface area contributed by atoms with Crippen molar-refractivity contribution in [3.05, 3.63) is 46.7 Å². The van der Waals surface area contributed by atoms with E-state index < -0.39 is 0 Å². The fourth-order valence-corrected chi connectivity index (χ4v) is 2.22. The molecule has 0 aliphatic carbocycles. The van der Waals surface area contributed by atoms with Gasteiger partial charge in [-0.2, -0.15) is 5.10 Å². The molecular weight excluding hydrogens is 258 g/mol. The summed E-state index contributed by atoms with van der Waals surface area (Å²) in [4.78, 5) is 0. The highest BCUT2D eigenvalue weighted by Gasteiger charge is 2.10. The van der Waals surface area contributed by atoms with E-state index in [0.717, 1.165) is 23.4 Å². The molecule has 2 rings (SSSR count). The molecule has 1 aromatic carbocycles. The SMILES string of the molecule is CC(N)Cc1ccc(Cl)cc1-n1ccc(C(C)C)n1. The third kappa shape index (κ3) is 3.37. The zero-order valence-corrected chi connectivity index (χ0v) is 12.4. The number of nitrogens with zero attached hydrogens (tertiary/aromatic N) is 2. The van der Waals surface area contributed by atoms with Gasteiger partial charge >= 0.3 is 0 Å². The van der Waals surface area contributed by atoms with Gasteiger partial charge in [0.1, 0.15) is 0 Å². The summed E-state index contributed by atoms with van der Waals surface area (Å²) in [6.07, 6.45) is 2.79. The summed E-state index contributed by atoms with van der Waals surface area (Å²) in [5.41, 5.74) is 9.15. The Labute approximate surface area is 119 Å². The topological polar surface area (TPSA) is 43.8 Å². The van der Waals surface area contributed by atoms with Gasteiger partial charge in [-0.1, -0.05) is 31.5 Å². The van der Waals surface area contributed by atoms with Crippen molar-refractivity contribution in [2.24, 2.45) is 5.73 Å². The Kier molecular flexibility index (Phi) is 4.27. The number of hydrogen-bond acceptors (Lipinski definition) is 2. The molecule has 0 amide bonds. The molecule has 1 aromatic heterocycles. The monoisotopic (exact) mass is 277 g/mol. The normalized spacial score (nSPS) is 12.9. The van der Waals surface area contributed by atoms with E-state index in [1.54, 1.807) is 0 Å². The van der Waals surface area contributed by atoms with Crippen LogP contribution in [-0.2, 0) is 6.42 Å². The first-order chi connectivity index (χ1) is 8.97. The van der Waals surface area contributed by atoms with Gasteiger partial charge in [0, 0.05) is 17.3 Å². The summed E-state index contributed by atoms with van der Waals surface area (Å²) in [6, 6.07) is 8.02. The first kappa shape index (κ1) is 14.1. The molecule has 0 saturated heterocycles. The quantitative estimate of drug-likeness (QED) is 0.929. The Bertz CT molecular complexity index is 558. The lowest BCUT2D eigenvalue weighted by molar-refractivity contribution is 0.720. The first-order valence-corrected chi connectivity index (χ1v) is 6.95. The van der Waals surface area contributed by atoms with Crippen molar-refractivity contribution in [2.45, 2.75) is 39.2 Å². The number of benzene rings is 1. The van der Waals surface area contributed by atoms with Crippen molar-refractivity contribution < 1.29 is 0 Å². The van der Waals surface area contributed by atoms with Crippen LogP contribution in [0, 0.1) is 0 Å². The molecule has 2 N–H and O–H groups in total. The van der Waals surface area contributed by atoms with Crippen molar-refractivity contribution in [1.29, 1.82) is 0 Å². The molecule has 1 heterocycles. The zero-order valence-electron chi connectivity index (χ0n) is 11.6. The van der Waals surface area contributed by atoms with Crippen LogP contribution in [0.15, 0.2) is 30.5 Å². The summed E-state index contributed by atoms with van der Waals surface area (Å²) in [5, 5.41) is 5.32. The van der Waals surface area contributed by atoms with E-state index in [0.29, 0.717) is 10.9 Å². The molecule has 0 bridgehead atoms. The van der Waals surface area contributed by atoms with Gasteiger partial charge in [-0.3, -0.25) is 0 Å². The van der Waals surface area contributed by atoms with E-state index in [1.807, 2.05) is 42.1 Å². The molecule has 19 heavy (non-hydrogen) atoms. The summed E-state index contributed by atoms with van der Waals surface area (Å²) in [5.74, 6) is 0.414. The Morgan fingerprint density at radius 2 is 2.00 bits per heavy atom. The Morgan fingerprint density at radius 3 is 2.58 bits per heavy atom.